The summed E-state index contributed by atoms with van der Waals surface area (Å²) in [5.41, 5.74) is 0.817. The van der Waals surface area contributed by atoms with Gasteiger partial charge in [-0.1, -0.05) is 28.1 Å². The highest BCUT2D eigenvalue weighted by Gasteiger charge is 2.34. The lowest BCUT2D eigenvalue weighted by molar-refractivity contribution is 0.0961. The molecular formula is C17H23BrN2O. The molecule has 2 fully saturated rings. The van der Waals surface area contributed by atoms with E-state index in [4.69, 9.17) is 0 Å². The standard InChI is InChI=1S/C17H23BrN2O/c1-19-15-5-6-16(19)12-20(9-7-15)10-8-17(21)13-3-2-4-14(18)11-13/h2-4,11,15-16H,5-10,12H2,1H3. The van der Waals surface area contributed by atoms with Crippen molar-refractivity contribution in [2.75, 3.05) is 26.7 Å². The highest BCUT2D eigenvalue weighted by atomic mass is 79.9. The van der Waals surface area contributed by atoms with Gasteiger partial charge in [0.15, 0.2) is 5.78 Å². The first-order valence-electron chi connectivity index (χ1n) is 7.86. The van der Waals surface area contributed by atoms with Crippen LogP contribution in [0.4, 0.5) is 0 Å². The lowest BCUT2D eigenvalue weighted by atomic mass is 10.1. The Morgan fingerprint density at radius 1 is 1.29 bits per heavy atom. The number of hydrogen-bond acceptors (Lipinski definition) is 3. The minimum atomic E-state index is 0.249. The number of fused-ring (bicyclic) bond motifs is 2. The second-order valence-corrected chi connectivity index (χ2v) is 7.24. The maximum absolute atomic E-state index is 12.3. The summed E-state index contributed by atoms with van der Waals surface area (Å²) in [4.78, 5) is 17.3. The number of carbonyl (C=O) groups excluding carboxylic acids is 1. The highest BCUT2D eigenvalue weighted by molar-refractivity contribution is 9.10. The molecule has 0 amide bonds. The van der Waals surface area contributed by atoms with Crippen LogP contribution in [0.1, 0.15) is 36.0 Å². The summed E-state index contributed by atoms with van der Waals surface area (Å²) in [7, 11) is 2.26. The van der Waals surface area contributed by atoms with Crippen molar-refractivity contribution in [2.24, 2.45) is 0 Å². The predicted molar refractivity (Wildman–Crippen MR) is 88.7 cm³/mol. The van der Waals surface area contributed by atoms with Crippen LogP contribution in [0, 0.1) is 0 Å². The third-order valence-corrected chi connectivity index (χ3v) is 5.53. The molecule has 2 aliphatic heterocycles. The molecule has 2 atom stereocenters. The molecule has 2 heterocycles. The van der Waals surface area contributed by atoms with Crippen molar-refractivity contribution in [3.8, 4) is 0 Å². The SMILES string of the molecule is CN1C2CCC1CN(CCC(=O)c1cccc(Br)c1)CC2. The minimum Gasteiger partial charge on any atom is -0.301 e. The molecule has 1 aromatic carbocycles. The molecule has 0 N–H and O–H groups in total. The molecule has 2 saturated heterocycles. The smallest absolute Gasteiger partial charge is 0.164 e. The Hall–Kier alpha value is -0.710. The maximum Gasteiger partial charge on any atom is 0.164 e. The number of benzene rings is 1. The Balaban J connectivity index is 1.54. The van der Waals surface area contributed by atoms with E-state index in [1.165, 1.54) is 19.3 Å². The second-order valence-electron chi connectivity index (χ2n) is 6.32. The van der Waals surface area contributed by atoms with Gasteiger partial charge in [-0.3, -0.25) is 9.69 Å². The largest absolute Gasteiger partial charge is 0.301 e. The third-order valence-electron chi connectivity index (χ3n) is 5.03. The van der Waals surface area contributed by atoms with Gasteiger partial charge in [-0.2, -0.15) is 0 Å². The van der Waals surface area contributed by atoms with Gasteiger partial charge in [0.1, 0.15) is 0 Å². The number of carbonyl (C=O) groups is 1. The molecule has 3 nitrogen and oxygen atoms in total. The van der Waals surface area contributed by atoms with Crippen molar-refractivity contribution in [1.82, 2.24) is 9.80 Å². The van der Waals surface area contributed by atoms with Crippen molar-refractivity contribution in [2.45, 2.75) is 37.8 Å². The van der Waals surface area contributed by atoms with E-state index in [9.17, 15) is 4.79 Å². The number of rotatable bonds is 4. The van der Waals surface area contributed by atoms with Gasteiger partial charge >= 0.3 is 0 Å². The molecule has 1 aromatic rings. The number of likely N-dealkylation sites (tertiary alicyclic amines) is 1. The molecule has 2 bridgehead atoms. The zero-order chi connectivity index (χ0) is 14.8. The fourth-order valence-corrected chi connectivity index (χ4v) is 4.05. The summed E-state index contributed by atoms with van der Waals surface area (Å²) < 4.78 is 0.974. The van der Waals surface area contributed by atoms with E-state index in [1.54, 1.807) is 0 Å². The molecule has 0 saturated carbocycles. The van der Waals surface area contributed by atoms with E-state index in [1.807, 2.05) is 24.3 Å². The topological polar surface area (TPSA) is 23.6 Å². The molecule has 0 spiro atoms. The van der Waals surface area contributed by atoms with Gasteiger partial charge in [-0.25, -0.2) is 0 Å². The van der Waals surface area contributed by atoms with Crippen LogP contribution in [0.25, 0.3) is 0 Å². The van der Waals surface area contributed by atoms with E-state index in [-0.39, 0.29) is 5.78 Å². The Bertz CT molecular complexity index is 519. The van der Waals surface area contributed by atoms with Crippen LogP contribution in [0.3, 0.4) is 0 Å². The van der Waals surface area contributed by atoms with Crippen molar-refractivity contribution < 1.29 is 4.79 Å². The van der Waals surface area contributed by atoms with Gasteiger partial charge in [0.25, 0.3) is 0 Å². The van der Waals surface area contributed by atoms with Gasteiger partial charge in [-0.05, 0) is 45.0 Å². The van der Waals surface area contributed by atoms with Crippen LogP contribution in [0.5, 0.6) is 0 Å². The van der Waals surface area contributed by atoms with Gasteiger partial charge in [0.2, 0.25) is 0 Å². The van der Waals surface area contributed by atoms with Crippen molar-refractivity contribution >= 4 is 21.7 Å². The second kappa shape index (κ2) is 6.59. The molecule has 0 radical (unpaired) electrons. The van der Waals surface area contributed by atoms with Crippen LogP contribution in [0.15, 0.2) is 28.7 Å². The zero-order valence-electron chi connectivity index (χ0n) is 12.6. The Labute approximate surface area is 135 Å². The first kappa shape index (κ1) is 15.2. The third kappa shape index (κ3) is 3.55. The van der Waals surface area contributed by atoms with E-state index < -0.39 is 0 Å². The summed E-state index contributed by atoms with van der Waals surface area (Å²) in [6.45, 7) is 3.15. The van der Waals surface area contributed by atoms with Crippen LogP contribution in [-0.4, -0.2) is 54.3 Å². The number of Topliss-reactive ketones (excluding diaryl/α,β-unsaturated/α-hetero) is 1. The lowest BCUT2D eigenvalue weighted by Crippen LogP contribution is -2.37. The summed E-state index contributed by atoms with van der Waals surface area (Å²) in [5.74, 6) is 0.249. The fourth-order valence-electron chi connectivity index (χ4n) is 3.65. The normalized spacial score (nSPS) is 26.8. The Morgan fingerprint density at radius 3 is 2.90 bits per heavy atom. The minimum absolute atomic E-state index is 0.249. The van der Waals surface area contributed by atoms with Crippen LogP contribution >= 0.6 is 15.9 Å². The van der Waals surface area contributed by atoms with E-state index in [0.717, 1.165) is 35.7 Å². The highest BCUT2D eigenvalue weighted by Crippen LogP contribution is 2.28. The molecule has 3 rings (SSSR count). The van der Waals surface area contributed by atoms with Gasteiger partial charge in [0.05, 0.1) is 0 Å². The van der Waals surface area contributed by atoms with Gasteiger partial charge < -0.3 is 4.90 Å². The van der Waals surface area contributed by atoms with Crippen LogP contribution in [0.2, 0.25) is 0 Å². The maximum atomic E-state index is 12.3. The quantitative estimate of drug-likeness (QED) is 0.779. The van der Waals surface area contributed by atoms with E-state index in [0.29, 0.717) is 12.5 Å². The van der Waals surface area contributed by atoms with Crippen molar-refractivity contribution in [3.63, 3.8) is 0 Å². The van der Waals surface area contributed by atoms with Gasteiger partial charge in [-0.15, -0.1) is 0 Å². The number of ketones is 1. The summed E-state index contributed by atoms with van der Waals surface area (Å²) >= 11 is 3.43. The molecule has 21 heavy (non-hydrogen) atoms. The number of nitrogens with zero attached hydrogens (tertiary/aromatic N) is 2. The zero-order valence-corrected chi connectivity index (χ0v) is 14.2. The van der Waals surface area contributed by atoms with Gasteiger partial charge in [0, 0.05) is 41.6 Å². The Morgan fingerprint density at radius 2 is 2.10 bits per heavy atom. The Kier molecular flexibility index (Phi) is 4.77. The van der Waals surface area contributed by atoms with E-state index in [2.05, 4.69) is 32.8 Å². The monoisotopic (exact) mass is 350 g/mol. The molecule has 0 aromatic heterocycles. The first-order chi connectivity index (χ1) is 10.1. The average Bonchev–Trinajstić information content (AvgIpc) is 2.71. The fraction of sp³-hybridized carbons (Fsp3) is 0.588. The molecule has 2 aliphatic rings. The predicted octanol–water partition coefficient (Wildman–Crippen LogP) is 3.19. The summed E-state index contributed by atoms with van der Waals surface area (Å²) in [6.07, 6.45) is 4.54. The molecule has 2 unspecified atom stereocenters. The average molecular weight is 351 g/mol. The van der Waals surface area contributed by atoms with E-state index >= 15 is 0 Å². The molecule has 4 heteroatoms. The first-order valence-corrected chi connectivity index (χ1v) is 8.66. The number of hydrogen-bond donors (Lipinski definition) is 0. The number of likely N-dealkylation sites (N-methyl/N-ethyl adjacent to an activating group) is 1. The lowest BCUT2D eigenvalue weighted by Gasteiger charge is -2.25. The molecular weight excluding hydrogens is 328 g/mol. The molecule has 0 aliphatic carbocycles. The van der Waals surface area contributed by atoms with Crippen LogP contribution < -0.4 is 0 Å². The summed E-state index contributed by atoms with van der Waals surface area (Å²) in [6, 6.07) is 9.17. The van der Waals surface area contributed by atoms with Crippen molar-refractivity contribution in [3.05, 3.63) is 34.3 Å². The molecule has 114 valence electrons. The summed E-state index contributed by atoms with van der Waals surface area (Å²) in [5, 5.41) is 0. The van der Waals surface area contributed by atoms with Crippen LogP contribution in [-0.2, 0) is 0 Å². The number of halogens is 1. The van der Waals surface area contributed by atoms with Crippen molar-refractivity contribution in [1.29, 1.82) is 0 Å².